The summed E-state index contributed by atoms with van der Waals surface area (Å²) in [6, 6.07) is 8.25. The lowest BCUT2D eigenvalue weighted by atomic mass is 9.76. The maximum Gasteiger partial charge on any atom is 0.330 e. The van der Waals surface area contributed by atoms with Gasteiger partial charge in [0.2, 0.25) is 0 Å². The molecule has 1 unspecified atom stereocenters. The number of hydrogen-bond donors (Lipinski definition) is 0. The molecule has 2 aliphatic rings. The van der Waals surface area contributed by atoms with Gasteiger partial charge in [-0.3, -0.25) is 0 Å². The van der Waals surface area contributed by atoms with E-state index in [-0.39, 0.29) is 23.1 Å². The lowest BCUT2D eigenvalue weighted by Gasteiger charge is -2.39. The van der Waals surface area contributed by atoms with E-state index in [0.717, 1.165) is 22.0 Å². The number of hydrogen-bond acceptors (Lipinski definition) is 6. The number of carbonyl (C=O) groups is 1. The number of rotatable bonds is 6. The Morgan fingerprint density at radius 3 is 2.58 bits per heavy atom. The molecule has 0 radical (unpaired) electrons. The lowest BCUT2D eigenvalue weighted by molar-refractivity contribution is -0.227. The van der Waals surface area contributed by atoms with E-state index in [4.69, 9.17) is 19.2 Å². The molecule has 1 saturated heterocycles. The minimum atomic E-state index is -0.514. The zero-order chi connectivity index (χ0) is 22.7. The summed E-state index contributed by atoms with van der Waals surface area (Å²) in [6.07, 6.45) is 4.42. The number of thioether (sulfide) groups is 1. The average Bonchev–Trinajstić information content (AvgIpc) is 2.96. The van der Waals surface area contributed by atoms with Crippen molar-refractivity contribution in [2.24, 2.45) is 10.4 Å². The molecule has 0 aromatic heterocycles. The van der Waals surface area contributed by atoms with Crippen LogP contribution in [0, 0.1) is 5.41 Å². The topological polar surface area (TPSA) is 57.1 Å². The smallest absolute Gasteiger partial charge is 0.330 e. The van der Waals surface area contributed by atoms with E-state index in [9.17, 15) is 4.79 Å². The summed E-state index contributed by atoms with van der Waals surface area (Å²) in [5, 5.41) is 1.06. The van der Waals surface area contributed by atoms with E-state index in [1.807, 2.05) is 39.0 Å². The first-order valence-electron chi connectivity index (χ1n) is 11.0. The monoisotopic (exact) mass is 445 g/mol. The van der Waals surface area contributed by atoms with Crippen molar-refractivity contribution >= 4 is 28.5 Å². The average molecular weight is 446 g/mol. The van der Waals surface area contributed by atoms with Crippen molar-refractivity contribution in [3.05, 3.63) is 42.0 Å². The maximum atomic E-state index is 12.3. The van der Waals surface area contributed by atoms with Crippen LogP contribution in [-0.4, -0.2) is 41.9 Å². The van der Waals surface area contributed by atoms with Gasteiger partial charge in [0.25, 0.3) is 0 Å². The number of para-hydroxylation sites is 1. The van der Waals surface area contributed by atoms with Crippen molar-refractivity contribution in [1.82, 2.24) is 0 Å². The van der Waals surface area contributed by atoms with E-state index in [0.29, 0.717) is 26.1 Å². The van der Waals surface area contributed by atoms with Crippen LogP contribution in [0.5, 0.6) is 0 Å². The summed E-state index contributed by atoms with van der Waals surface area (Å²) >= 11 is 1.75. The highest BCUT2D eigenvalue weighted by Crippen LogP contribution is 2.49. The molecular formula is C25H35NO4S. The van der Waals surface area contributed by atoms with Gasteiger partial charge in [0.15, 0.2) is 6.29 Å². The predicted octanol–water partition coefficient (Wildman–Crippen LogP) is 5.80. The SMILES string of the molecule is CCSC1=Nc2ccccc2C1(C/C=C/C(=O)OC(C)(C)C)CC1OCC(C)(C)CO1. The second-order valence-corrected chi connectivity index (χ2v) is 11.3. The number of benzene rings is 1. The van der Waals surface area contributed by atoms with Crippen molar-refractivity contribution in [1.29, 1.82) is 0 Å². The molecule has 1 atom stereocenters. The number of aliphatic imine (C=N–C) groups is 1. The Balaban J connectivity index is 1.89. The van der Waals surface area contributed by atoms with E-state index in [2.05, 4.69) is 32.9 Å². The predicted molar refractivity (Wildman–Crippen MR) is 127 cm³/mol. The van der Waals surface area contributed by atoms with E-state index in [1.165, 1.54) is 6.08 Å². The van der Waals surface area contributed by atoms with Gasteiger partial charge in [0, 0.05) is 17.9 Å². The molecule has 5 nitrogen and oxygen atoms in total. The van der Waals surface area contributed by atoms with Gasteiger partial charge < -0.3 is 14.2 Å². The van der Waals surface area contributed by atoms with Crippen molar-refractivity contribution in [2.45, 2.75) is 71.7 Å². The highest BCUT2D eigenvalue weighted by atomic mass is 32.2. The first kappa shape index (κ1) is 24.0. The Kier molecular flexibility index (Phi) is 7.34. The van der Waals surface area contributed by atoms with Gasteiger partial charge in [-0.25, -0.2) is 9.79 Å². The number of carbonyl (C=O) groups excluding carboxylic acids is 1. The van der Waals surface area contributed by atoms with Crippen molar-refractivity contribution in [3.63, 3.8) is 0 Å². The quantitative estimate of drug-likeness (QED) is 0.409. The Morgan fingerprint density at radius 2 is 1.94 bits per heavy atom. The molecule has 0 aliphatic carbocycles. The standard InChI is InChI=1S/C25H35NO4S/c1-7-31-22-25(18-11-8-9-12-19(18)26-22,14-10-13-20(27)30-23(2,3)4)15-21-28-16-24(5,6)17-29-21/h8-13,21H,7,14-17H2,1-6H3/b13-10+. The summed E-state index contributed by atoms with van der Waals surface area (Å²) < 4.78 is 17.7. The second kappa shape index (κ2) is 9.47. The van der Waals surface area contributed by atoms with Gasteiger partial charge in [0.1, 0.15) is 5.60 Å². The van der Waals surface area contributed by atoms with Crippen LogP contribution < -0.4 is 0 Å². The molecule has 170 valence electrons. The third-order valence-corrected chi connectivity index (χ3v) is 6.34. The molecule has 1 aromatic rings. The minimum Gasteiger partial charge on any atom is -0.457 e. The molecule has 3 rings (SSSR count). The van der Waals surface area contributed by atoms with E-state index < -0.39 is 5.60 Å². The van der Waals surface area contributed by atoms with Crippen LogP contribution in [-0.2, 0) is 24.4 Å². The van der Waals surface area contributed by atoms with Gasteiger partial charge in [0.05, 0.1) is 29.4 Å². The van der Waals surface area contributed by atoms with Crippen LogP contribution in [0.2, 0.25) is 0 Å². The molecule has 31 heavy (non-hydrogen) atoms. The Bertz CT molecular complexity index is 845. The number of allylic oxidation sites excluding steroid dienone is 1. The number of fused-ring (bicyclic) bond motifs is 1. The molecule has 2 heterocycles. The van der Waals surface area contributed by atoms with E-state index in [1.54, 1.807) is 11.8 Å². The molecule has 2 aliphatic heterocycles. The van der Waals surface area contributed by atoms with Gasteiger partial charge in [-0.1, -0.05) is 45.0 Å². The summed E-state index contributed by atoms with van der Waals surface area (Å²) in [6.45, 7) is 13.4. The summed E-state index contributed by atoms with van der Waals surface area (Å²) in [4.78, 5) is 17.2. The third kappa shape index (κ3) is 5.99. The first-order valence-corrected chi connectivity index (χ1v) is 12.0. The van der Waals surface area contributed by atoms with Crippen LogP contribution >= 0.6 is 11.8 Å². The fraction of sp³-hybridized carbons (Fsp3) is 0.600. The van der Waals surface area contributed by atoms with Gasteiger partial charge in [-0.15, -0.1) is 11.8 Å². The molecular weight excluding hydrogens is 410 g/mol. The molecule has 6 heteroatoms. The van der Waals surface area contributed by atoms with Crippen LogP contribution in [0.4, 0.5) is 5.69 Å². The zero-order valence-electron chi connectivity index (χ0n) is 19.6. The van der Waals surface area contributed by atoms with Crippen molar-refractivity contribution in [2.75, 3.05) is 19.0 Å². The molecule has 1 aromatic carbocycles. The van der Waals surface area contributed by atoms with Crippen molar-refractivity contribution in [3.8, 4) is 0 Å². The van der Waals surface area contributed by atoms with Crippen LogP contribution in [0.3, 0.4) is 0 Å². The maximum absolute atomic E-state index is 12.3. The number of nitrogens with zero attached hydrogens (tertiary/aromatic N) is 1. The number of esters is 1. The van der Waals surface area contributed by atoms with Gasteiger partial charge in [-0.2, -0.15) is 0 Å². The normalized spacial score (nSPS) is 23.6. The third-order valence-electron chi connectivity index (χ3n) is 5.29. The van der Waals surface area contributed by atoms with Crippen LogP contribution in [0.25, 0.3) is 0 Å². The summed E-state index contributed by atoms with van der Waals surface area (Å²) in [5.74, 6) is 0.589. The molecule has 1 fully saturated rings. The molecule has 0 saturated carbocycles. The second-order valence-electron chi connectivity index (χ2n) is 10.0. The van der Waals surface area contributed by atoms with Gasteiger partial charge in [-0.05, 0) is 44.6 Å². The van der Waals surface area contributed by atoms with E-state index >= 15 is 0 Å². The zero-order valence-corrected chi connectivity index (χ0v) is 20.4. The fourth-order valence-electron chi connectivity index (χ4n) is 3.91. The summed E-state index contributed by atoms with van der Waals surface area (Å²) in [5.41, 5.74) is 1.27. The Hall–Kier alpha value is -1.63. The molecule has 0 spiro atoms. The molecule has 0 bridgehead atoms. The van der Waals surface area contributed by atoms with Gasteiger partial charge >= 0.3 is 5.97 Å². The van der Waals surface area contributed by atoms with Crippen LogP contribution in [0.1, 0.15) is 59.9 Å². The largest absolute Gasteiger partial charge is 0.457 e. The molecule has 0 N–H and O–H groups in total. The fourth-order valence-corrected chi connectivity index (χ4v) is 4.90. The summed E-state index contributed by atoms with van der Waals surface area (Å²) in [7, 11) is 0. The Labute approximate surface area is 190 Å². The Morgan fingerprint density at radius 1 is 1.26 bits per heavy atom. The van der Waals surface area contributed by atoms with Crippen molar-refractivity contribution < 1.29 is 19.0 Å². The highest BCUT2D eigenvalue weighted by Gasteiger charge is 2.46. The number of ether oxygens (including phenoxy) is 3. The lowest BCUT2D eigenvalue weighted by Crippen LogP contribution is -2.43. The highest BCUT2D eigenvalue weighted by molar-refractivity contribution is 8.14. The first-order chi connectivity index (χ1) is 14.5. The molecule has 0 amide bonds. The minimum absolute atomic E-state index is 0.0168. The van der Waals surface area contributed by atoms with Crippen LogP contribution in [0.15, 0.2) is 41.4 Å².